The maximum absolute atomic E-state index is 12.7. The Kier molecular flexibility index (Phi) is 4.46. The lowest BCUT2D eigenvalue weighted by Gasteiger charge is -2.18. The van der Waals surface area contributed by atoms with Crippen LogP contribution in [0.3, 0.4) is 0 Å². The molecule has 2 aromatic rings. The van der Waals surface area contributed by atoms with Crippen molar-refractivity contribution in [2.45, 2.75) is 0 Å². The maximum Gasteiger partial charge on any atom is 0.339 e. The van der Waals surface area contributed by atoms with Crippen molar-refractivity contribution in [3.63, 3.8) is 0 Å². The average molecular weight is 299 g/mol. The quantitative estimate of drug-likeness (QED) is 0.860. The molecule has 0 aliphatic heterocycles. The van der Waals surface area contributed by atoms with E-state index in [2.05, 4.69) is 0 Å². The van der Waals surface area contributed by atoms with Crippen molar-refractivity contribution in [2.75, 3.05) is 26.1 Å². The second-order valence-electron chi connectivity index (χ2n) is 4.97. The number of aromatic carboxylic acids is 1. The second-order valence-corrected chi connectivity index (χ2v) is 4.97. The average Bonchev–Trinajstić information content (AvgIpc) is 2.53. The summed E-state index contributed by atoms with van der Waals surface area (Å²) in [6, 6.07) is 11.8. The van der Waals surface area contributed by atoms with Crippen LogP contribution in [0.25, 0.3) is 0 Å². The van der Waals surface area contributed by atoms with Gasteiger partial charge in [0.2, 0.25) is 0 Å². The molecule has 5 nitrogen and oxygen atoms in total. The highest BCUT2D eigenvalue weighted by Gasteiger charge is 2.22. The van der Waals surface area contributed by atoms with Gasteiger partial charge in [0.05, 0.1) is 12.7 Å². The van der Waals surface area contributed by atoms with Crippen LogP contribution in [-0.2, 0) is 0 Å². The van der Waals surface area contributed by atoms with Gasteiger partial charge in [-0.1, -0.05) is 30.3 Å². The molecule has 0 heterocycles. The number of hydrogen-bond donors (Lipinski definition) is 1. The fourth-order valence-corrected chi connectivity index (χ4v) is 2.16. The molecule has 2 rings (SSSR count). The van der Waals surface area contributed by atoms with Gasteiger partial charge in [0.1, 0.15) is 11.3 Å². The van der Waals surface area contributed by atoms with Gasteiger partial charge < -0.3 is 14.7 Å². The van der Waals surface area contributed by atoms with E-state index in [-0.39, 0.29) is 22.7 Å². The highest BCUT2D eigenvalue weighted by Crippen LogP contribution is 2.31. The third-order valence-electron chi connectivity index (χ3n) is 3.31. The predicted molar refractivity (Wildman–Crippen MR) is 84.2 cm³/mol. The number of rotatable bonds is 5. The molecular formula is C17H17NO4. The highest BCUT2D eigenvalue weighted by molar-refractivity contribution is 6.13. The highest BCUT2D eigenvalue weighted by atomic mass is 16.5. The first-order valence-corrected chi connectivity index (χ1v) is 6.68. The summed E-state index contributed by atoms with van der Waals surface area (Å²) in [7, 11) is 4.92. The van der Waals surface area contributed by atoms with Crippen LogP contribution in [0.2, 0.25) is 0 Å². The normalized spacial score (nSPS) is 10.1. The number of benzene rings is 2. The van der Waals surface area contributed by atoms with Crippen molar-refractivity contribution < 1.29 is 19.4 Å². The number of ether oxygens (including phenoxy) is 1. The summed E-state index contributed by atoms with van der Waals surface area (Å²) in [4.78, 5) is 25.9. The number of anilines is 1. The summed E-state index contributed by atoms with van der Waals surface area (Å²) in [6.07, 6.45) is 0. The Morgan fingerprint density at radius 1 is 1.05 bits per heavy atom. The minimum absolute atomic E-state index is 0.0343. The lowest BCUT2D eigenvalue weighted by Crippen LogP contribution is -2.14. The third kappa shape index (κ3) is 2.93. The Labute approximate surface area is 128 Å². The number of hydrogen-bond acceptors (Lipinski definition) is 4. The predicted octanol–water partition coefficient (Wildman–Crippen LogP) is 2.69. The van der Waals surface area contributed by atoms with E-state index in [0.717, 1.165) is 0 Å². The zero-order chi connectivity index (χ0) is 16.3. The fraction of sp³-hybridized carbons (Fsp3) is 0.176. The number of nitrogens with zero attached hydrogens (tertiary/aromatic N) is 1. The molecule has 0 aliphatic carbocycles. The second kappa shape index (κ2) is 6.30. The summed E-state index contributed by atoms with van der Waals surface area (Å²) < 4.78 is 5.19. The van der Waals surface area contributed by atoms with E-state index in [1.165, 1.54) is 13.2 Å². The van der Waals surface area contributed by atoms with Gasteiger partial charge in [0.15, 0.2) is 5.78 Å². The third-order valence-corrected chi connectivity index (χ3v) is 3.31. The Bertz CT molecular complexity index is 708. The summed E-state index contributed by atoms with van der Waals surface area (Å²) in [5.74, 6) is -1.33. The van der Waals surface area contributed by atoms with Crippen molar-refractivity contribution in [3.8, 4) is 5.75 Å². The molecule has 0 saturated carbocycles. The lowest BCUT2D eigenvalue weighted by molar-refractivity contribution is 0.0693. The molecule has 0 atom stereocenters. The topological polar surface area (TPSA) is 66.8 Å². The molecule has 0 aromatic heterocycles. The van der Waals surface area contributed by atoms with Gasteiger partial charge in [0.25, 0.3) is 0 Å². The van der Waals surface area contributed by atoms with Crippen molar-refractivity contribution in [1.29, 1.82) is 0 Å². The van der Waals surface area contributed by atoms with E-state index in [4.69, 9.17) is 4.74 Å². The Morgan fingerprint density at radius 3 is 2.14 bits per heavy atom. The molecule has 0 aliphatic rings. The van der Waals surface area contributed by atoms with Crippen LogP contribution < -0.4 is 9.64 Å². The molecule has 0 spiro atoms. The SMILES string of the molecule is COc1c(C(=O)O)cc(N(C)C)cc1C(=O)c1ccccc1. The molecule has 2 aromatic carbocycles. The minimum Gasteiger partial charge on any atom is -0.495 e. The molecule has 0 saturated heterocycles. The molecular weight excluding hydrogens is 282 g/mol. The molecule has 5 heteroatoms. The number of methoxy groups -OCH3 is 1. The van der Waals surface area contributed by atoms with E-state index in [1.54, 1.807) is 49.3 Å². The minimum atomic E-state index is -1.14. The molecule has 0 unspecified atom stereocenters. The van der Waals surface area contributed by atoms with Crippen LogP contribution in [0.4, 0.5) is 5.69 Å². The zero-order valence-electron chi connectivity index (χ0n) is 12.7. The lowest BCUT2D eigenvalue weighted by atomic mass is 9.98. The number of carbonyl (C=O) groups excluding carboxylic acids is 1. The standard InChI is InChI=1S/C17H17NO4/c1-18(2)12-9-13(15(19)11-7-5-4-6-8-11)16(22-3)14(10-12)17(20)21/h4-10H,1-3H3,(H,20,21). The number of carboxylic acid groups (broad SMARTS) is 1. The summed E-state index contributed by atoms with van der Waals surface area (Å²) in [5, 5.41) is 9.37. The fourth-order valence-electron chi connectivity index (χ4n) is 2.16. The van der Waals surface area contributed by atoms with E-state index < -0.39 is 5.97 Å². The monoisotopic (exact) mass is 299 g/mol. The first kappa shape index (κ1) is 15.6. The van der Waals surface area contributed by atoms with Crippen LogP contribution in [0.15, 0.2) is 42.5 Å². The molecule has 0 amide bonds. The van der Waals surface area contributed by atoms with Crippen molar-refractivity contribution in [1.82, 2.24) is 0 Å². The van der Waals surface area contributed by atoms with Crippen LogP contribution in [0.5, 0.6) is 5.75 Å². The van der Waals surface area contributed by atoms with Gasteiger partial charge >= 0.3 is 5.97 Å². The number of carbonyl (C=O) groups is 2. The van der Waals surface area contributed by atoms with E-state index >= 15 is 0 Å². The summed E-state index contributed by atoms with van der Waals surface area (Å²) in [6.45, 7) is 0. The van der Waals surface area contributed by atoms with Crippen LogP contribution in [-0.4, -0.2) is 38.1 Å². The van der Waals surface area contributed by atoms with Crippen molar-refractivity contribution in [3.05, 3.63) is 59.2 Å². The van der Waals surface area contributed by atoms with Gasteiger partial charge in [-0.15, -0.1) is 0 Å². The summed E-state index contributed by atoms with van der Waals surface area (Å²) in [5.41, 5.74) is 1.30. The van der Waals surface area contributed by atoms with Crippen LogP contribution in [0.1, 0.15) is 26.3 Å². The number of ketones is 1. The summed E-state index contributed by atoms with van der Waals surface area (Å²) >= 11 is 0. The van der Waals surface area contributed by atoms with E-state index in [0.29, 0.717) is 11.3 Å². The Balaban J connectivity index is 2.67. The largest absolute Gasteiger partial charge is 0.495 e. The van der Waals surface area contributed by atoms with Crippen molar-refractivity contribution in [2.24, 2.45) is 0 Å². The molecule has 0 bridgehead atoms. The first-order valence-electron chi connectivity index (χ1n) is 6.68. The Hall–Kier alpha value is -2.82. The molecule has 0 fully saturated rings. The van der Waals surface area contributed by atoms with Crippen LogP contribution in [0, 0.1) is 0 Å². The van der Waals surface area contributed by atoms with Gasteiger partial charge in [-0.2, -0.15) is 0 Å². The number of carboxylic acids is 1. The molecule has 114 valence electrons. The van der Waals surface area contributed by atoms with Gasteiger partial charge in [0, 0.05) is 25.3 Å². The van der Waals surface area contributed by atoms with Gasteiger partial charge in [-0.05, 0) is 12.1 Å². The Morgan fingerprint density at radius 2 is 1.64 bits per heavy atom. The molecule has 22 heavy (non-hydrogen) atoms. The van der Waals surface area contributed by atoms with Crippen LogP contribution >= 0.6 is 0 Å². The zero-order valence-corrected chi connectivity index (χ0v) is 12.7. The molecule has 1 N–H and O–H groups in total. The maximum atomic E-state index is 12.7. The van der Waals surface area contributed by atoms with E-state index in [1.807, 2.05) is 6.07 Å². The first-order chi connectivity index (χ1) is 10.5. The van der Waals surface area contributed by atoms with E-state index in [9.17, 15) is 14.7 Å². The van der Waals surface area contributed by atoms with Gasteiger partial charge in [-0.3, -0.25) is 4.79 Å². The molecule has 0 radical (unpaired) electrons. The van der Waals surface area contributed by atoms with Gasteiger partial charge in [-0.25, -0.2) is 4.79 Å². The smallest absolute Gasteiger partial charge is 0.339 e. The van der Waals surface area contributed by atoms with Crippen molar-refractivity contribution >= 4 is 17.4 Å².